The molecule has 1 aliphatic carbocycles. The monoisotopic (exact) mass is 306 g/mol. The van der Waals surface area contributed by atoms with Gasteiger partial charge in [0.15, 0.2) is 5.82 Å². The number of nitrogen functional groups attached to an aromatic ring is 1. The zero-order valence-electron chi connectivity index (χ0n) is 10.6. The molecule has 0 amide bonds. The molecule has 2 N–H and O–H groups in total. The second-order valence-corrected chi connectivity index (χ2v) is 6.95. The van der Waals surface area contributed by atoms with Crippen LogP contribution >= 0.6 is 11.6 Å². The highest BCUT2D eigenvalue weighted by molar-refractivity contribution is 7.89. The van der Waals surface area contributed by atoms with Crippen LogP contribution in [0.1, 0.15) is 26.2 Å². The lowest BCUT2D eigenvalue weighted by molar-refractivity contribution is 0.400. The Morgan fingerprint density at radius 2 is 2.11 bits per heavy atom. The molecule has 1 fully saturated rings. The van der Waals surface area contributed by atoms with E-state index < -0.39 is 20.7 Å². The first kappa shape index (κ1) is 14.6. The van der Waals surface area contributed by atoms with Crippen molar-refractivity contribution in [3.63, 3.8) is 0 Å². The Bertz CT molecular complexity index is 588. The van der Waals surface area contributed by atoms with E-state index in [0.717, 1.165) is 18.9 Å². The summed E-state index contributed by atoms with van der Waals surface area (Å²) in [4.78, 5) is -0.433. The SMILES string of the molecule is CCCN(C1CC1)S(=O)(=O)c1cc(Cl)cc(N)c1F. The lowest BCUT2D eigenvalue weighted by atomic mass is 10.3. The van der Waals surface area contributed by atoms with Gasteiger partial charge in [-0.3, -0.25) is 0 Å². The van der Waals surface area contributed by atoms with Crippen molar-refractivity contribution in [2.75, 3.05) is 12.3 Å². The Hall–Kier alpha value is -0.850. The number of halogens is 2. The maximum absolute atomic E-state index is 14.0. The fourth-order valence-electron chi connectivity index (χ4n) is 1.98. The second kappa shape index (κ2) is 5.26. The maximum atomic E-state index is 14.0. The highest BCUT2D eigenvalue weighted by Crippen LogP contribution is 2.34. The molecule has 1 aromatic rings. The highest BCUT2D eigenvalue weighted by Gasteiger charge is 2.39. The molecule has 1 aromatic carbocycles. The molecular formula is C12H16ClFN2O2S. The smallest absolute Gasteiger partial charge is 0.246 e. The fourth-order valence-corrected chi connectivity index (χ4v) is 4.17. The molecule has 2 rings (SSSR count). The largest absolute Gasteiger partial charge is 0.396 e. The van der Waals surface area contributed by atoms with Gasteiger partial charge in [0.2, 0.25) is 10.0 Å². The number of nitrogens with zero attached hydrogens (tertiary/aromatic N) is 1. The summed E-state index contributed by atoms with van der Waals surface area (Å²) >= 11 is 5.78. The average Bonchev–Trinajstić information content (AvgIpc) is 3.14. The summed E-state index contributed by atoms with van der Waals surface area (Å²) < 4.78 is 40.3. The molecule has 1 saturated carbocycles. The molecule has 7 heteroatoms. The first-order valence-corrected chi connectivity index (χ1v) is 7.96. The number of hydrogen-bond donors (Lipinski definition) is 1. The standard InChI is InChI=1S/C12H16ClFN2O2S/c1-2-5-16(9-3-4-9)19(17,18)11-7-8(13)6-10(15)12(11)14/h6-7,9H,2-5,15H2,1H3. The van der Waals surface area contributed by atoms with E-state index in [2.05, 4.69) is 0 Å². The van der Waals surface area contributed by atoms with Crippen LogP contribution in [-0.4, -0.2) is 25.3 Å². The Morgan fingerprint density at radius 1 is 1.47 bits per heavy atom. The van der Waals surface area contributed by atoms with E-state index in [4.69, 9.17) is 17.3 Å². The quantitative estimate of drug-likeness (QED) is 0.851. The predicted octanol–water partition coefficient (Wildman–Crippen LogP) is 2.62. The zero-order chi connectivity index (χ0) is 14.2. The van der Waals surface area contributed by atoms with Gasteiger partial charge in [-0.25, -0.2) is 12.8 Å². The Labute approximate surface area is 117 Å². The van der Waals surface area contributed by atoms with Gasteiger partial charge in [-0.1, -0.05) is 18.5 Å². The topological polar surface area (TPSA) is 63.4 Å². The molecule has 1 aliphatic rings. The summed E-state index contributed by atoms with van der Waals surface area (Å²) in [6.07, 6.45) is 2.31. The van der Waals surface area contributed by atoms with E-state index in [-0.39, 0.29) is 16.8 Å². The first-order chi connectivity index (χ1) is 8.87. The molecule has 106 valence electrons. The van der Waals surface area contributed by atoms with Crippen molar-refractivity contribution in [3.05, 3.63) is 23.0 Å². The minimum absolute atomic E-state index is 0.0236. The number of benzene rings is 1. The van der Waals surface area contributed by atoms with E-state index in [1.54, 1.807) is 0 Å². The number of nitrogens with two attached hydrogens (primary N) is 1. The van der Waals surface area contributed by atoms with Crippen molar-refractivity contribution < 1.29 is 12.8 Å². The third-order valence-corrected chi connectivity index (χ3v) is 5.19. The minimum atomic E-state index is -3.88. The second-order valence-electron chi connectivity index (χ2n) is 4.65. The summed E-state index contributed by atoms with van der Waals surface area (Å²) in [5, 5.41) is 0.115. The maximum Gasteiger partial charge on any atom is 0.246 e. The molecule has 0 atom stereocenters. The van der Waals surface area contributed by atoms with Crippen LogP contribution in [0, 0.1) is 5.82 Å². The molecule has 19 heavy (non-hydrogen) atoms. The molecule has 0 unspecified atom stereocenters. The van der Waals surface area contributed by atoms with Gasteiger partial charge in [0, 0.05) is 17.6 Å². The number of sulfonamides is 1. The zero-order valence-corrected chi connectivity index (χ0v) is 12.1. The van der Waals surface area contributed by atoms with Gasteiger partial charge in [0.05, 0.1) is 5.69 Å². The third-order valence-electron chi connectivity index (χ3n) is 3.02. The Kier molecular flexibility index (Phi) is 4.03. The summed E-state index contributed by atoms with van der Waals surface area (Å²) in [7, 11) is -3.88. The van der Waals surface area contributed by atoms with Gasteiger partial charge in [0.1, 0.15) is 4.90 Å². The van der Waals surface area contributed by atoms with E-state index >= 15 is 0 Å². The number of anilines is 1. The van der Waals surface area contributed by atoms with Crippen molar-refractivity contribution in [3.8, 4) is 0 Å². The molecule has 0 heterocycles. The lowest BCUT2D eigenvalue weighted by Gasteiger charge is -2.22. The summed E-state index contributed by atoms with van der Waals surface area (Å²) in [5.41, 5.74) is 5.19. The van der Waals surface area contributed by atoms with Crippen LogP contribution in [0.15, 0.2) is 17.0 Å². The summed E-state index contributed by atoms with van der Waals surface area (Å²) in [6.45, 7) is 2.26. The van der Waals surface area contributed by atoms with Crippen LogP contribution < -0.4 is 5.73 Å². The van der Waals surface area contributed by atoms with Crippen molar-refractivity contribution in [2.24, 2.45) is 0 Å². The lowest BCUT2D eigenvalue weighted by Crippen LogP contribution is -2.34. The highest BCUT2D eigenvalue weighted by atomic mass is 35.5. The average molecular weight is 307 g/mol. The van der Waals surface area contributed by atoms with Gasteiger partial charge in [-0.2, -0.15) is 4.31 Å². The molecule has 0 spiro atoms. The van der Waals surface area contributed by atoms with Crippen molar-refractivity contribution >= 4 is 27.3 Å². The molecule has 0 radical (unpaired) electrons. The van der Waals surface area contributed by atoms with Gasteiger partial charge in [0.25, 0.3) is 0 Å². The van der Waals surface area contributed by atoms with Gasteiger partial charge in [-0.15, -0.1) is 0 Å². The van der Waals surface area contributed by atoms with Crippen molar-refractivity contribution in [1.29, 1.82) is 0 Å². The summed E-state index contributed by atoms with van der Waals surface area (Å²) in [5.74, 6) is -0.925. The first-order valence-electron chi connectivity index (χ1n) is 6.14. The molecule has 4 nitrogen and oxygen atoms in total. The summed E-state index contributed by atoms with van der Waals surface area (Å²) in [6, 6.07) is 2.30. The molecule has 0 aliphatic heterocycles. The molecule has 0 saturated heterocycles. The van der Waals surface area contributed by atoms with Crippen LogP contribution in [0.5, 0.6) is 0 Å². The normalized spacial score (nSPS) is 16.0. The van der Waals surface area contributed by atoms with Gasteiger partial charge < -0.3 is 5.73 Å². The third kappa shape index (κ3) is 2.85. The van der Waals surface area contributed by atoms with E-state index in [9.17, 15) is 12.8 Å². The Morgan fingerprint density at radius 3 is 2.63 bits per heavy atom. The van der Waals surface area contributed by atoms with Crippen LogP contribution in [0.3, 0.4) is 0 Å². The fraction of sp³-hybridized carbons (Fsp3) is 0.500. The molecule has 0 aromatic heterocycles. The molecule has 0 bridgehead atoms. The van der Waals surface area contributed by atoms with Gasteiger partial charge in [-0.05, 0) is 31.4 Å². The van der Waals surface area contributed by atoms with Crippen LogP contribution in [0.2, 0.25) is 5.02 Å². The predicted molar refractivity (Wildman–Crippen MR) is 73.0 cm³/mol. The van der Waals surface area contributed by atoms with Crippen LogP contribution in [-0.2, 0) is 10.0 Å². The number of hydrogen-bond acceptors (Lipinski definition) is 3. The number of rotatable bonds is 5. The van der Waals surface area contributed by atoms with E-state index in [0.29, 0.717) is 13.0 Å². The van der Waals surface area contributed by atoms with Crippen LogP contribution in [0.25, 0.3) is 0 Å². The van der Waals surface area contributed by atoms with Crippen molar-refractivity contribution in [2.45, 2.75) is 37.1 Å². The van der Waals surface area contributed by atoms with E-state index in [1.807, 2.05) is 6.92 Å². The van der Waals surface area contributed by atoms with Gasteiger partial charge >= 0.3 is 0 Å². The van der Waals surface area contributed by atoms with Crippen LogP contribution in [0.4, 0.5) is 10.1 Å². The van der Waals surface area contributed by atoms with E-state index in [1.165, 1.54) is 10.4 Å². The minimum Gasteiger partial charge on any atom is -0.396 e. The Balaban J connectivity index is 2.49. The van der Waals surface area contributed by atoms with Crippen molar-refractivity contribution in [1.82, 2.24) is 4.31 Å². The molecular weight excluding hydrogens is 291 g/mol.